The van der Waals surface area contributed by atoms with Crippen molar-refractivity contribution in [1.82, 2.24) is 10.3 Å². The Bertz CT molecular complexity index is 649. The zero-order chi connectivity index (χ0) is 17.5. The molecule has 1 unspecified atom stereocenters. The van der Waals surface area contributed by atoms with Crippen LogP contribution in [0.1, 0.15) is 29.9 Å². The third-order valence-electron chi connectivity index (χ3n) is 3.36. The number of hydrogen-bond acceptors (Lipinski definition) is 5. The van der Waals surface area contributed by atoms with E-state index < -0.39 is 6.10 Å². The van der Waals surface area contributed by atoms with Crippen molar-refractivity contribution in [1.29, 1.82) is 0 Å². The molecule has 0 radical (unpaired) electrons. The molecule has 6 heteroatoms. The molecule has 0 aliphatic heterocycles. The van der Waals surface area contributed by atoms with Gasteiger partial charge in [0.05, 0.1) is 12.7 Å². The molecule has 2 N–H and O–H groups in total. The molecule has 1 heterocycles. The van der Waals surface area contributed by atoms with Crippen LogP contribution >= 0.6 is 0 Å². The summed E-state index contributed by atoms with van der Waals surface area (Å²) in [6.45, 7) is 6.91. The van der Waals surface area contributed by atoms with Gasteiger partial charge in [0.25, 0.3) is 5.91 Å². The molecule has 0 saturated carbocycles. The number of aliphatic hydroxyl groups is 1. The smallest absolute Gasteiger partial charge is 0.274 e. The first-order chi connectivity index (χ1) is 11.5. The summed E-state index contributed by atoms with van der Waals surface area (Å²) < 4.78 is 10.7. The molecule has 0 aliphatic carbocycles. The number of nitrogens with one attached hydrogen (secondary N) is 1. The normalized spacial score (nSPS) is 12.4. The van der Waals surface area contributed by atoms with E-state index in [2.05, 4.69) is 10.3 Å². The molecule has 0 bridgehead atoms. The van der Waals surface area contributed by atoms with Gasteiger partial charge < -0.3 is 19.6 Å². The molecular weight excluding hydrogens is 308 g/mol. The predicted octanol–water partition coefficient (Wildman–Crippen LogP) is 2.41. The minimum atomic E-state index is -0.762. The van der Waals surface area contributed by atoms with Gasteiger partial charge in [0, 0.05) is 18.7 Å². The number of oxazole rings is 1. The highest BCUT2D eigenvalue weighted by Gasteiger charge is 2.19. The van der Waals surface area contributed by atoms with Crippen LogP contribution in [0.5, 0.6) is 0 Å². The molecule has 2 rings (SSSR count). The SMILES string of the molecule is Cc1ccc(-c2ocnc2C(=O)NCC(O)COCC(C)C)cc1. The van der Waals surface area contributed by atoms with E-state index in [1.165, 1.54) is 6.39 Å². The van der Waals surface area contributed by atoms with Crippen LogP contribution in [0.25, 0.3) is 11.3 Å². The van der Waals surface area contributed by atoms with Gasteiger partial charge in [-0.1, -0.05) is 43.7 Å². The maximum atomic E-state index is 12.3. The number of nitrogens with zero attached hydrogens (tertiary/aromatic N) is 1. The van der Waals surface area contributed by atoms with Gasteiger partial charge >= 0.3 is 0 Å². The third kappa shape index (κ3) is 5.18. The zero-order valence-corrected chi connectivity index (χ0v) is 14.3. The number of hydrogen-bond donors (Lipinski definition) is 2. The van der Waals surface area contributed by atoms with E-state index >= 15 is 0 Å². The lowest BCUT2D eigenvalue weighted by Crippen LogP contribution is -2.35. The van der Waals surface area contributed by atoms with Crippen LogP contribution in [-0.4, -0.2) is 41.9 Å². The molecule has 1 aromatic heterocycles. The molecule has 0 spiro atoms. The molecule has 2 aromatic rings. The van der Waals surface area contributed by atoms with Gasteiger partial charge in [-0.05, 0) is 12.8 Å². The zero-order valence-electron chi connectivity index (χ0n) is 14.3. The lowest BCUT2D eigenvalue weighted by molar-refractivity contribution is 0.0259. The first-order valence-corrected chi connectivity index (χ1v) is 8.02. The second-order valence-corrected chi connectivity index (χ2v) is 6.19. The summed E-state index contributed by atoms with van der Waals surface area (Å²) in [6, 6.07) is 7.63. The minimum absolute atomic E-state index is 0.0944. The molecule has 130 valence electrons. The summed E-state index contributed by atoms with van der Waals surface area (Å²) in [5, 5.41) is 12.5. The van der Waals surface area contributed by atoms with Gasteiger partial charge in [-0.3, -0.25) is 4.79 Å². The first-order valence-electron chi connectivity index (χ1n) is 8.02. The van der Waals surface area contributed by atoms with Crippen molar-refractivity contribution in [2.75, 3.05) is 19.8 Å². The second kappa shape index (κ2) is 8.61. The number of aliphatic hydroxyl groups excluding tert-OH is 1. The van der Waals surface area contributed by atoms with Crippen LogP contribution in [0.4, 0.5) is 0 Å². The van der Waals surface area contributed by atoms with E-state index in [9.17, 15) is 9.90 Å². The van der Waals surface area contributed by atoms with Gasteiger partial charge in [0.2, 0.25) is 0 Å². The lowest BCUT2D eigenvalue weighted by atomic mass is 10.1. The fourth-order valence-electron chi connectivity index (χ4n) is 2.11. The van der Waals surface area contributed by atoms with E-state index in [-0.39, 0.29) is 24.8 Å². The summed E-state index contributed by atoms with van der Waals surface area (Å²) in [5.41, 5.74) is 2.10. The second-order valence-electron chi connectivity index (χ2n) is 6.19. The summed E-state index contributed by atoms with van der Waals surface area (Å²) in [4.78, 5) is 16.3. The average Bonchev–Trinajstić information content (AvgIpc) is 3.02. The van der Waals surface area contributed by atoms with E-state index in [1.54, 1.807) is 0 Å². The first kappa shape index (κ1) is 18.2. The number of aromatic nitrogens is 1. The van der Waals surface area contributed by atoms with E-state index in [4.69, 9.17) is 9.15 Å². The van der Waals surface area contributed by atoms with Gasteiger partial charge in [0.1, 0.15) is 0 Å². The number of ether oxygens (including phenoxy) is 1. The van der Waals surface area contributed by atoms with Crippen LogP contribution in [0, 0.1) is 12.8 Å². The molecule has 0 fully saturated rings. The van der Waals surface area contributed by atoms with Crippen molar-refractivity contribution in [2.24, 2.45) is 5.92 Å². The maximum Gasteiger partial charge on any atom is 0.274 e. The summed E-state index contributed by atoms with van der Waals surface area (Å²) in [5.74, 6) is 0.430. The Kier molecular flexibility index (Phi) is 6.52. The molecule has 0 aliphatic rings. The summed E-state index contributed by atoms with van der Waals surface area (Å²) >= 11 is 0. The number of amides is 1. The molecule has 24 heavy (non-hydrogen) atoms. The van der Waals surface area contributed by atoms with Crippen molar-refractivity contribution < 1.29 is 19.1 Å². The molecular formula is C18H24N2O4. The molecule has 1 atom stereocenters. The average molecular weight is 332 g/mol. The van der Waals surface area contributed by atoms with Gasteiger partial charge in [-0.15, -0.1) is 0 Å². The summed E-state index contributed by atoms with van der Waals surface area (Å²) in [7, 11) is 0. The van der Waals surface area contributed by atoms with E-state index in [1.807, 2.05) is 45.0 Å². The fraction of sp³-hybridized carbons (Fsp3) is 0.444. The molecule has 1 aromatic carbocycles. The molecule has 1 amide bonds. The van der Waals surface area contributed by atoms with Gasteiger partial charge in [-0.2, -0.15) is 0 Å². The Hall–Kier alpha value is -2.18. The number of aryl methyl sites for hydroxylation is 1. The monoisotopic (exact) mass is 332 g/mol. The van der Waals surface area contributed by atoms with Crippen molar-refractivity contribution >= 4 is 5.91 Å². The van der Waals surface area contributed by atoms with E-state index in [0.717, 1.165) is 11.1 Å². The largest absolute Gasteiger partial charge is 0.443 e. The Morgan fingerprint density at radius 1 is 1.29 bits per heavy atom. The Morgan fingerprint density at radius 2 is 2.00 bits per heavy atom. The highest BCUT2D eigenvalue weighted by molar-refractivity contribution is 5.97. The number of carbonyl (C=O) groups is 1. The topological polar surface area (TPSA) is 84.6 Å². The van der Waals surface area contributed by atoms with Crippen molar-refractivity contribution in [2.45, 2.75) is 26.9 Å². The maximum absolute atomic E-state index is 12.3. The van der Waals surface area contributed by atoms with Crippen molar-refractivity contribution in [3.8, 4) is 11.3 Å². The highest BCUT2D eigenvalue weighted by atomic mass is 16.5. The predicted molar refractivity (Wildman–Crippen MR) is 90.7 cm³/mol. The van der Waals surface area contributed by atoms with Gasteiger partial charge in [0.15, 0.2) is 17.8 Å². The number of rotatable bonds is 8. The lowest BCUT2D eigenvalue weighted by Gasteiger charge is -2.13. The Morgan fingerprint density at radius 3 is 2.67 bits per heavy atom. The molecule has 6 nitrogen and oxygen atoms in total. The van der Waals surface area contributed by atoms with Crippen LogP contribution in [0.15, 0.2) is 35.1 Å². The van der Waals surface area contributed by atoms with Crippen molar-refractivity contribution in [3.05, 3.63) is 41.9 Å². The van der Waals surface area contributed by atoms with Crippen LogP contribution in [0.3, 0.4) is 0 Å². The van der Waals surface area contributed by atoms with Crippen molar-refractivity contribution in [3.63, 3.8) is 0 Å². The van der Waals surface area contributed by atoms with Crippen LogP contribution in [0.2, 0.25) is 0 Å². The summed E-state index contributed by atoms with van der Waals surface area (Å²) in [6.07, 6.45) is 0.481. The Labute approximate surface area is 141 Å². The molecule has 0 saturated heterocycles. The van der Waals surface area contributed by atoms with Gasteiger partial charge in [-0.25, -0.2) is 4.98 Å². The standard InChI is InChI=1S/C18H24N2O4/c1-12(2)9-23-10-15(21)8-19-18(22)16-17(24-11-20-16)14-6-4-13(3)5-7-14/h4-7,11-12,15,21H,8-10H2,1-3H3,(H,19,22). The van der Waals surface area contributed by atoms with E-state index in [0.29, 0.717) is 18.3 Å². The van der Waals surface area contributed by atoms with Crippen LogP contribution < -0.4 is 5.32 Å². The third-order valence-corrected chi connectivity index (χ3v) is 3.36. The highest BCUT2D eigenvalue weighted by Crippen LogP contribution is 2.23. The van der Waals surface area contributed by atoms with Crippen LogP contribution in [-0.2, 0) is 4.74 Å². The quantitative estimate of drug-likeness (QED) is 0.775. The Balaban J connectivity index is 1.91. The number of carbonyl (C=O) groups excluding carboxylic acids is 1. The minimum Gasteiger partial charge on any atom is -0.443 e. The fourth-order valence-corrected chi connectivity index (χ4v) is 2.11. The number of benzene rings is 1.